The van der Waals surface area contributed by atoms with Crippen molar-refractivity contribution < 1.29 is 9.47 Å². The van der Waals surface area contributed by atoms with E-state index in [4.69, 9.17) is 9.47 Å². The van der Waals surface area contributed by atoms with Crippen LogP contribution < -0.4 is 10.1 Å². The van der Waals surface area contributed by atoms with Crippen LogP contribution in [0, 0.1) is 0 Å². The zero-order chi connectivity index (χ0) is 12.0. The third-order valence-corrected chi connectivity index (χ3v) is 2.55. The summed E-state index contributed by atoms with van der Waals surface area (Å²) in [5.74, 6) is 0.628. The third-order valence-electron chi connectivity index (χ3n) is 2.55. The van der Waals surface area contributed by atoms with Gasteiger partial charge in [0.15, 0.2) is 0 Å². The van der Waals surface area contributed by atoms with Gasteiger partial charge in [0.05, 0.1) is 24.6 Å². The van der Waals surface area contributed by atoms with Gasteiger partial charge in [-0.2, -0.15) is 0 Å². The van der Waals surface area contributed by atoms with E-state index in [0.29, 0.717) is 5.88 Å². The molecular weight excluding hydrogens is 204 g/mol. The number of nitrogens with zero attached hydrogens (tertiary/aromatic N) is 1. The average molecular weight is 224 g/mol. The number of ether oxygens (including phenoxy) is 2. The van der Waals surface area contributed by atoms with Crippen LogP contribution in [0.15, 0.2) is 18.3 Å². The molecule has 4 heteroatoms. The average Bonchev–Trinajstić information content (AvgIpc) is 2.30. The van der Waals surface area contributed by atoms with E-state index in [1.807, 2.05) is 12.1 Å². The number of pyridine rings is 1. The van der Waals surface area contributed by atoms with E-state index >= 15 is 0 Å². The van der Waals surface area contributed by atoms with E-state index in [1.165, 1.54) is 0 Å². The zero-order valence-electron chi connectivity index (χ0n) is 10.4. The van der Waals surface area contributed by atoms with Crippen molar-refractivity contribution in [1.29, 1.82) is 0 Å². The largest absolute Gasteiger partial charge is 0.481 e. The van der Waals surface area contributed by atoms with Crippen molar-refractivity contribution in [3.05, 3.63) is 18.3 Å². The molecule has 0 bridgehead atoms. The molecule has 1 heterocycles. The van der Waals surface area contributed by atoms with E-state index in [9.17, 15) is 0 Å². The molecule has 1 aromatic rings. The van der Waals surface area contributed by atoms with E-state index in [1.54, 1.807) is 20.4 Å². The van der Waals surface area contributed by atoms with Crippen LogP contribution in [0.4, 0.5) is 5.69 Å². The summed E-state index contributed by atoms with van der Waals surface area (Å²) in [5, 5.41) is 3.29. The molecule has 0 aliphatic rings. The minimum Gasteiger partial charge on any atom is -0.481 e. The van der Waals surface area contributed by atoms with Crippen LogP contribution >= 0.6 is 0 Å². The molecule has 0 unspecified atom stereocenters. The normalized spacial score (nSPS) is 11.2. The first-order chi connectivity index (χ1) is 7.57. The molecule has 16 heavy (non-hydrogen) atoms. The van der Waals surface area contributed by atoms with Gasteiger partial charge in [0, 0.05) is 19.7 Å². The summed E-state index contributed by atoms with van der Waals surface area (Å²) in [4.78, 5) is 4.12. The number of nitrogens with one attached hydrogen (secondary N) is 1. The van der Waals surface area contributed by atoms with Crippen LogP contribution in [-0.4, -0.2) is 31.3 Å². The molecule has 0 aromatic carbocycles. The molecule has 0 saturated carbocycles. The van der Waals surface area contributed by atoms with Crippen LogP contribution in [0.25, 0.3) is 0 Å². The molecule has 0 saturated heterocycles. The van der Waals surface area contributed by atoms with Crippen molar-refractivity contribution in [3.8, 4) is 5.88 Å². The van der Waals surface area contributed by atoms with Crippen LogP contribution in [0.2, 0.25) is 0 Å². The van der Waals surface area contributed by atoms with Gasteiger partial charge in [-0.3, -0.25) is 0 Å². The lowest BCUT2D eigenvalue weighted by Gasteiger charge is -2.22. The Balaban J connectivity index is 2.37. The maximum absolute atomic E-state index is 5.34. The monoisotopic (exact) mass is 224 g/mol. The molecule has 4 nitrogen and oxygen atoms in total. The molecule has 0 amide bonds. The molecule has 0 atom stereocenters. The summed E-state index contributed by atoms with van der Waals surface area (Å²) >= 11 is 0. The number of anilines is 1. The smallest absolute Gasteiger partial charge is 0.213 e. The van der Waals surface area contributed by atoms with E-state index < -0.39 is 0 Å². The fraction of sp³-hybridized carbons (Fsp3) is 0.583. The number of rotatable bonds is 6. The Morgan fingerprint density at radius 2 is 2.06 bits per heavy atom. The second kappa shape index (κ2) is 5.70. The Kier molecular flexibility index (Phi) is 4.55. The van der Waals surface area contributed by atoms with E-state index in [2.05, 4.69) is 24.1 Å². The van der Waals surface area contributed by atoms with Crippen molar-refractivity contribution in [3.63, 3.8) is 0 Å². The molecule has 0 aliphatic carbocycles. The highest BCUT2D eigenvalue weighted by molar-refractivity contribution is 5.41. The first kappa shape index (κ1) is 12.8. The lowest BCUT2D eigenvalue weighted by Crippen LogP contribution is -2.25. The minimum atomic E-state index is -0.0904. The number of aromatic nitrogens is 1. The predicted octanol–water partition coefficient (Wildman–Crippen LogP) is 2.32. The Morgan fingerprint density at radius 3 is 2.56 bits per heavy atom. The van der Waals surface area contributed by atoms with Crippen molar-refractivity contribution >= 4 is 5.69 Å². The second-order valence-electron chi connectivity index (χ2n) is 4.23. The Bertz CT molecular complexity index is 309. The number of hydrogen-bond donors (Lipinski definition) is 1. The molecule has 0 aliphatic heterocycles. The molecular formula is C12H20N2O2. The first-order valence-electron chi connectivity index (χ1n) is 5.36. The molecule has 90 valence electrons. The van der Waals surface area contributed by atoms with Gasteiger partial charge in [0.2, 0.25) is 5.88 Å². The fourth-order valence-electron chi connectivity index (χ4n) is 1.22. The van der Waals surface area contributed by atoms with Gasteiger partial charge >= 0.3 is 0 Å². The van der Waals surface area contributed by atoms with Crippen molar-refractivity contribution in [2.75, 3.05) is 26.1 Å². The minimum absolute atomic E-state index is 0.0904. The second-order valence-corrected chi connectivity index (χ2v) is 4.23. The molecule has 1 rings (SSSR count). The van der Waals surface area contributed by atoms with Gasteiger partial charge in [-0.1, -0.05) is 0 Å². The van der Waals surface area contributed by atoms with Crippen molar-refractivity contribution in [1.82, 2.24) is 4.98 Å². The summed E-state index contributed by atoms with van der Waals surface area (Å²) in [5.41, 5.74) is 0.903. The molecule has 0 spiro atoms. The van der Waals surface area contributed by atoms with Gasteiger partial charge in [-0.15, -0.1) is 0 Å². The van der Waals surface area contributed by atoms with Crippen molar-refractivity contribution in [2.45, 2.75) is 25.9 Å². The topological polar surface area (TPSA) is 43.4 Å². The molecule has 1 aromatic heterocycles. The van der Waals surface area contributed by atoms with Crippen molar-refractivity contribution in [2.24, 2.45) is 0 Å². The summed E-state index contributed by atoms with van der Waals surface area (Å²) < 4.78 is 10.3. The number of methoxy groups -OCH3 is 2. The van der Waals surface area contributed by atoms with Gasteiger partial charge in [0.25, 0.3) is 0 Å². The summed E-state index contributed by atoms with van der Waals surface area (Å²) in [6.45, 7) is 5.00. The highest BCUT2D eigenvalue weighted by Crippen LogP contribution is 2.14. The third kappa shape index (κ3) is 4.06. The Morgan fingerprint density at radius 1 is 1.31 bits per heavy atom. The summed E-state index contributed by atoms with van der Waals surface area (Å²) in [7, 11) is 3.34. The molecule has 0 radical (unpaired) electrons. The van der Waals surface area contributed by atoms with Gasteiger partial charge in [-0.05, 0) is 26.3 Å². The lowest BCUT2D eigenvalue weighted by atomic mass is 10.1. The van der Waals surface area contributed by atoms with Gasteiger partial charge < -0.3 is 14.8 Å². The summed E-state index contributed by atoms with van der Waals surface area (Å²) in [6, 6.07) is 3.79. The van der Waals surface area contributed by atoms with Gasteiger partial charge in [-0.25, -0.2) is 4.98 Å². The SMILES string of the molecule is COc1ccc(NCCC(C)(C)OC)cn1. The fourth-order valence-corrected chi connectivity index (χ4v) is 1.22. The van der Waals surface area contributed by atoms with Crippen LogP contribution in [0.5, 0.6) is 5.88 Å². The van der Waals surface area contributed by atoms with E-state index in [0.717, 1.165) is 18.7 Å². The maximum Gasteiger partial charge on any atom is 0.213 e. The van der Waals surface area contributed by atoms with E-state index in [-0.39, 0.29) is 5.60 Å². The van der Waals surface area contributed by atoms with Crippen LogP contribution in [0.1, 0.15) is 20.3 Å². The number of hydrogen-bond acceptors (Lipinski definition) is 4. The highest BCUT2D eigenvalue weighted by Gasteiger charge is 2.15. The Labute approximate surface area is 97.0 Å². The standard InChI is InChI=1S/C12H20N2O2/c1-12(2,16-4)7-8-13-10-5-6-11(15-3)14-9-10/h5-6,9,13H,7-8H2,1-4H3. The maximum atomic E-state index is 5.34. The predicted molar refractivity (Wildman–Crippen MR) is 65.0 cm³/mol. The Hall–Kier alpha value is -1.29. The van der Waals surface area contributed by atoms with Crippen LogP contribution in [-0.2, 0) is 4.74 Å². The summed E-state index contributed by atoms with van der Waals surface area (Å²) in [6.07, 6.45) is 2.70. The zero-order valence-corrected chi connectivity index (χ0v) is 10.4. The molecule has 0 fully saturated rings. The quantitative estimate of drug-likeness (QED) is 0.805. The first-order valence-corrected chi connectivity index (χ1v) is 5.36. The lowest BCUT2D eigenvalue weighted by molar-refractivity contribution is 0.0185. The van der Waals surface area contributed by atoms with Crippen LogP contribution in [0.3, 0.4) is 0 Å². The van der Waals surface area contributed by atoms with Gasteiger partial charge in [0.1, 0.15) is 0 Å². The highest BCUT2D eigenvalue weighted by atomic mass is 16.5. The molecule has 1 N–H and O–H groups in total.